The van der Waals surface area contributed by atoms with Crippen molar-refractivity contribution in [1.29, 1.82) is 0 Å². The minimum absolute atomic E-state index is 0.00693. The second-order valence-corrected chi connectivity index (χ2v) is 5.55. The number of esters is 1. The first-order valence-electron chi connectivity index (χ1n) is 7.73. The van der Waals surface area contributed by atoms with Gasteiger partial charge in [-0.3, -0.25) is 9.59 Å². The molecule has 23 heavy (non-hydrogen) atoms. The number of hydrogen-bond acceptors (Lipinski definition) is 6. The summed E-state index contributed by atoms with van der Waals surface area (Å²) in [4.78, 5) is 23.3. The third kappa shape index (κ3) is 4.69. The highest BCUT2D eigenvalue weighted by atomic mass is 16.7. The molecule has 6 heteroatoms. The molecule has 1 aliphatic heterocycles. The molecule has 0 aromatic heterocycles. The predicted octanol–water partition coefficient (Wildman–Crippen LogP) is 2.74. The normalized spacial score (nSPS) is 17.6. The molecule has 0 amide bonds. The van der Waals surface area contributed by atoms with Crippen molar-refractivity contribution in [2.24, 2.45) is 0 Å². The lowest BCUT2D eigenvalue weighted by Crippen LogP contribution is -2.25. The van der Waals surface area contributed by atoms with Crippen LogP contribution in [0.5, 0.6) is 11.5 Å². The van der Waals surface area contributed by atoms with E-state index in [1.807, 2.05) is 0 Å². The molecule has 1 aromatic rings. The Labute approximate surface area is 135 Å². The molecule has 1 unspecified atom stereocenters. The maximum Gasteiger partial charge on any atom is 0.305 e. The Morgan fingerprint density at radius 2 is 2.09 bits per heavy atom. The number of phenolic OH excluding ortho intramolecular Hbond substituents is 1. The number of benzene rings is 1. The monoisotopic (exact) mass is 322 g/mol. The Hall–Kier alpha value is -2.08. The molecule has 1 fully saturated rings. The van der Waals surface area contributed by atoms with Gasteiger partial charge < -0.3 is 19.3 Å². The van der Waals surface area contributed by atoms with Crippen molar-refractivity contribution in [3.05, 3.63) is 23.3 Å². The van der Waals surface area contributed by atoms with E-state index in [2.05, 4.69) is 4.74 Å². The van der Waals surface area contributed by atoms with E-state index in [-0.39, 0.29) is 36.2 Å². The zero-order valence-electron chi connectivity index (χ0n) is 13.5. The molecular formula is C17H22O6. The number of ketones is 1. The summed E-state index contributed by atoms with van der Waals surface area (Å²) in [7, 11) is 1.27. The number of ether oxygens (including phenoxy) is 3. The Morgan fingerprint density at radius 3 is 2.70 bits per heavy atom. The van der Waals surface area contributed by atoms with E-state index in [0.717, 1.165) is 19.3 Å². The molecule has 0 radical (unpaired) electrons. The Kier molecular flexibility index (Phi) is 5.98. The summed E-state index contributed by atoms with van der Waals surface area (Å²) in [6.45, 7) is 2.39. The van der Waals surface area contributed by atoms with Gasteiger partial charge in [-0.05, 0) is 31.4 Å². The molecule has 1 N–H and O–H groups in total. The highest BCUT2D eigenvalue weighted by Crippen LogP contribution is 2.30. The lowest BCUT2D eigenvalue weighted by molar-refractivity contribution is -0.140. The summed E-state index contributed by atoms with van der Waals surface area (Å²) >= 11 is 0. The molecule has 0 spiro atoms. The molecule has 2 rings (SSSR count). The van der Waals surface area contributed by atoms with Crippen molar-refractivity contribution in [3.8, 4) is 11.5 Å². The standard InChI is InChI=1S/C17H22O6/c1-11-9-12(23-16-5-3-4-8-22-16)10-14(19)17(11)13(18)6-7-15(20)21-2/h9-10,16,19H,3-8H2,1-2H3. The highest BCUT2D eigenvalue weighted by molar-refractivity contribution is 6.01. The van der Waals surface area contributed by atoms with Crippen molar-refractivity contribution < 1.29 is 28.9 Å². The van der Waals surface area contributed by atoms with E-state index in [1.54, 1.807) is 13.0 Å². The molecule has 126 valence electrons. The number of rotatable bonds is 6. The van der Waals surface area contributed by atoms with Crippen molar-refractivity contribution in [1.82, 2.24) is 0 Å². The lowest BCUT2D eigenvalue weighted by atomic mass is 10.00. The van der Waals surface area contributed by atoms with Crippen molar-refractivity contribution in [3.63, 3.8) is 0 Å². The van der Waals surface area contributed by atoms with Gasteiger partial charge >= 0.3 is 5.97 Å². The molecule has 1 aromatic carbocycles. The lowest BCUT2D eigenvalue weighted by Gasteiger charge is -2.24. The van der Waals surface area contributed by atoms with Gasteiger partial charge in [-0.15, -0.1) is 0 Å². The van der Waals surface area contributed by atoms with Gasteiger partial charge in [-0.25, -0.2) is 0 Å². The van der Waals surface area contributed by atoms with Gasteiger partial charge in [0.2, 0.25) is 0 Å². The number of aromatic hydroxyl groups is 1. The van der Waals surface area contributed by atoms with Crippen LogP contribution in [-0.2, 0) is 14.3 Å². The quantitative estimate of drug-likeness (QED) is 0.640. The molecule has 1 aliphatic rings. The first-order chi connectivity index (χ1) is 11.0. The average Bonchev–Trinajstić information content (AvgIpc) is 2.52. The topological polar surface area (TPSA) is 82.1 Å². The summed E-state index contributed by atoms with van der Waals surface area (Å²) in [5.41, 5.74) is 0.816. The van der Waals surface area contributed by atoms with Crippen molar-refractivity contribution in [2.45, 2.75) is 45.3 Å². The minimum Gasteiger partial charge on any atom is -0.507 e. The summed E-state index contributed by atoms with van der Waals surface area (Å²) in [5.74, 6) is -0.433. The fourth-order valence-corrected chi connectivity index (χ4v) is 2.57. The second-order valence-electron chi connectivity index (χ2n) is 5.55. The predicted molar refractivity (Wildman–Crippen MR) is 82.6 cm³/mol. The van der Waals surface area contributed by atoms with Crippen LogP contribution < -0.4 is 4.74 Å². The van der Waals surface area contributed by atoms with E-state index in [9.17, 15) is 14.7 Å². The van der Waals surface area contributed by atoms with Gasteiger partial charge in [0.15, 0.2) is 12.1 Å². The molecular weight excluding hydrogens is 300 g/mol. The summed E-state index contributed by atoms with van der Waals surface area (Å²) in [5, 5.41) is 10.1. The van der Waals surface area contributed by atoms with Gasteiger partial charge in [-0.2, -0.15) is 0 Å². The zero-order chi connectivity index (χ0) is 16.8. The highest BCUT2D eigenvalue weighted by Gasteiger charge is 2.20. The smallest absolute Gasteiger partial charge is 0.305 e. The van der Waals surface area contributed by atoms with Crippen LogP contribution in [0.1, 0.15) is 48.0 Å². The number of carbonyl (C=O) groups excluding carboxylic acids is 2. The number of phenols is 1. The maximum absolute atomic E-state index is 12.2. The fourth-order valence-electron chi connectivity index (χ4n) is 2.57. The van der Waals surface area contributed by atoms with E-state index in [0.29, 0.717) is 17.9 Å². The van der Waals surface area contributed by atoms with Gasteiger partial charge in [0, 0.05) is 18.9 Å². The van der Waals surface area contributed by atoms with E-state index >= 15 is 0 Å². The third-order valence-corrected chi connectivity index (χ3v) is 3.76. The largest absolute Gasteiger partial charge is 0.507 e. The van der Waals surface area contributed by atoms with E-state index in [4.69, 9.17) is 9.47 Å². The Bertz CT molecular complexity index is 551. The minimum atomic E-state index is -0.454. The summed E-state index contributed by atoms with van der Waals surface area (Å²) in [6, 6.07) is 3.11. The van der Waals surface area contributed by atoms with Crippen LogP contribution in [0.25, 0.3) is 0 Å². The van der Waals surface area contributed by atoms with Crippen LogP contribution in [0.4, 0.5) is 0 Å². The first kappa shape index (κ1) is 17.3. The molecule has 0 saturated carbocycles. The number of methoxy groups -OCH3 is 1. The van der Waals surface area contributed by atoms with Crippen LogP contribution in [-0.4, -0.2) is 36.9 Å². The zero-order valence-corrected chi connectivity index (χ0v) is 13.5. The van der Waals surface area contributed by atoms with Gasteiger partial charge in [0.1, 0.15) is 11.5 Å². The van der Waals surface area contributed by atoms with Gasteiger partial charge in [0.25, 0.3) is 0 Å². The van der Waals surface area contributed by atoms with Gasteiger partial charge in [0.05, 0.1) is 25.7 Å². The number of aryl methyl sites for hydroxylation is 1. The van der Waals surface area contributed by atoms with E-state index in [1.165, 1.54) is 13.2 Å². The number of hydrogen-bond donors (Lipinski definition) is 1. The SMILES string of the molecule is COC(=O)CCC(=O)c1c(C)cc(OC2CCCCO2)cc1O. The second kappa shape index (κ2) is 7.97. The third-order valence-electron chi connectivity index (χ3n) is 3.76. The van der Waals surface area contributed by atoms with Crippen molar-refractivity contribution >= 4 is 11.8 Å². The van der Waals surface area contributed by atoms with Crippen LogP contribution in [0, 0.1) is 6.92 Å². The molecule has 1 heterocycles. The van der Waals surface area contributed by atoms with E-state index < -0.39 is 5.97 Å². The van der Waals surface area contributed by atoms with Crippen LogP contribution in [0.15, 0.2) is 12.1 Å². The van der Waals surface area contributed by atoms with Crippen LogP contribution in [0.3, 0.4) is 0 Å². The number of carbonyl (C=O) groups is 2. The van der Waals surface area contributed by atoms with Gasteiger partial charge in [-0.1, -0.05) is 0 Å². The molecule has 0 bridgehead atoms. The Balaban J connectivity index is 2.07. The average molecular weight is 322 g/mol. The van der Waals surface area contributed by atoms with Crippen LogP contribution >= 0.6 is 0 Å². The fraction of sp³-hybridized carbons (Fsp3) is 0.529. The molecule has 1 atom stereocenters. The molecule has 0 aliphatic carbocycles. The Morgan fingerprint density at radius 1 is 1.30 bits per heavy atom. The van der Waals surface area contributed by atoms with Crippen molar-refractivity contribution in [2.75, 3.05) is 13.7 Å². The maximum atomic E-state index is 12.2. The van der Waals surface area contributed by atoms with Crippen LogP contribution in [0.2, 0.25) is 0 Å². The molecule has 1 saturated heterocycles. The first-order valence-corrected chi connectivity index (χ1v) is 7.73. The molecule has 6 nitrogen and oxygen atoms in total. The summed E-state index contributed by atoms with van der Waals surface area (Å²) < 4.78 is 15.7. The number of Topliss-reactive ketones (excluding diaryl/α,β-unsaturated/α-hetero) is 1. The summed E-state index contributed by atoms with van der Waals surface area (Å²) in [6.07, 6.45) is 2.54.